The highest BCUT2D eigenvalue weighted by Gasteiger charge is 2.63. The van der Waals surface area contributed by atoms with Crippen LogP contribution in [0, 0.1) is 0 Å². The molecule has 0 aliphatic rings. The molecule has 3 rings (SSSR count). The molecule has 0 radical (unpaired) electrons. The summed E-state index contributed by atoms with van der Waals surface area (Å²) in [6, 6.07) is 13.7. The van der Waals surface area contributed by atoms with Gasteiger partial charge in [0.2, 0.25) is 0 Å². The van der Waals surface area contributed by atoms with E-state index in [0.29, 0.717) is 18.6 Å². The Kier molecular flexibility index (Phi) is 9.80. The number of anilines is 1. The van der Waals surface area contributed by atoms with E-state index in [-0.39, 0.29) is 29.5 Å². The molecule has 1 N–H and O–H groups in total. The highest BCUT2D eigenvalue weighted by atomic mass is 127. The first-order valence-corrected chi connectivity index (χ1v) is 10.8. The second kappa shape index (κ2) is 12.0. The maximum atomic E-state index is 13.5. The Hall–Kier alpha value is -2.77. The normalized spacial score (nSPS) is 12.2. The fraction of sp³-hybridized carbons (Fsp3) is 0.333. The highest BCUT2D eigenvalue weighted by Crippen LogP contribution is 2.39. The number of halogens is 7. The lowest BCUT2D eigenvalue weighted by Gasteiger charge is -2.25. The van der Waals surface area contributed by atoms with E-state index >= 15 is 0 Å². The molecule has 3 aromatic rings. The predicted octanol–water partition coefficient (Wildman–Crippen LogP) is 2.75. The number of para-hydroxylation sites is 1. The summed E-state index contributed by atoms with van der Waals surface area (Å²) < 4.78 is 85.9. The van der Waals surface area contributed by atoms with Crippen LogP contribution < -0.4 is 33.9 Å². The third kappa shape index (κ3) is 5.95. The number of hydrogen-bond donors (Lipinski definition) is 1. The number of nitrogens with one attached hydrogen (secondary N) is 1. The highest BCUT2D eigenvalue weighted by molar-refractivity contribution is 5.93. The lowest BCUT2D eigenvalue weighted by molar-refractivity contribution is -0.670. The standard InChI is InChI=1S/C24H23F6N3O2.HI/c1-3-32-18-11-10-16(21(34)35-15-23(27,28)24(29,30)22(25)26)14-19(18)33(4-2)20(32)12-13-31-17-8-6-5-7-9-17;/h5-14,22H,3-4,15H2,1-2H3;1H. The van der Waals surface area contributed by atoms with Crippen LogP contribution in [0.4, 0.5) is 32.0 Å². The van der Waals surface area contributed by atoms with Crippen LogP contribution in [0.1, 0.15) is 30.0 Å². The van der Waals surface area contributed by atoms with Crippen molar-refractivity contribution in [3.8, 4) is 0 Å². The van der Waals surface area contributed by atoms with Crippen LogP contribution in [-0.4, -0.2) is 35.4 Å². The number of aromatic nitrogens is 2. The molecule has 0 aliphatic carbocycles. The Labute approximate surface area is 220 Å². The molecule has 0 bridgehead atoms. The molecule has 0 saturated heterocycles. The van der Waals surface area contributed by atoms with Gasteiger partial charge < -0.3 is 34.0 Å². The van der Waals surface area contributed by atoms with E-state index in [1.807, 2.05) is 59.4 Å². The van der Waals surface area contributed by atoms with E-state index in [2.05, 4.69) is 10.1 Å². The van der Waals surface area contributed by atoms with Gasteiger partial charge in [0.25, 0.3) is 5.82 Å². The molecular weight excluding hydrogens is 603 g/mol. The summed E-state index contributed by atoms with van der Waals surface area (Å²) in [5.74, 6) is -11.4. The fourth-order valence-electron chi connectivity index (χ4n) is 3.57. The molecule has 12 heteroatoms. The van der Waals surface area contributed by atoms with Gasteiger partial charge in [-0.3, -0.25) is 0 Å². The van der Waals surface area contributed by atoms with Crippen molar-refractivity contribution in [2.75, 3.05) is 11.9 Å². The summed E-state index contributed by atoms with van der Waals surface area (Å²) >= 11 is 0. The van der Waals surface area contributed by atoms with Gasteiger partial charge in [0, 0.05) is 24.0 Å². The van der Waals surface area contributed by atoms with Gasteiger partial charge in [0.15, 0.2) is 17.6 Å². The summed E-state index contributed by atoms with van der Waals surface area (Å²) in [6.45, 7) is 2.69. The lowest BCUT2D eigenvalue weighted by Crippen LogP contribution is -3.00. The predicted molar refractivity (Wildman–Crippen MR) is 119 cm³/mol. The van der Waals surface area contributed by atoms with Crippen molar-refractivity contribution in [1.82, 2.24) is 4.57 Å². The molecule has 5 nitrogen and oxygen atoms in total. The van der Waals surface area contributed by atoms with Crippen LogP contribution in [0.25, 0.3) is 17.1 Å². The zero-order chi connectivity index (χ0) is 25.8. The number of imidazole rings is 1. The molecule has 2 aromatic carbocycles. The van der Waals surface area contributed by atoms with Crippen LogP contribution in [-0.2, 0) is 17.8 Å². The molecule has 1 heterocycles. The van der Waals surface area contributed by atoms with Crippen molar-refractivity contribution in [1.29, 1.82) is 0 Å². The van der Waals surface area contributed by atoms with Crippen molar-refractivity contribution in [3.05, 3.63) is 66.1 Å². The first-order valence-electron chi connectivity index (χ1n) is 10.8. The van der Waals surface area contributed by atoms with Crippen molar-refractivity contribution >= 4 is 28.8 Å². The molecule has 36 heavy (non-hydrogen) atoms. The number of carbonyl (C=O) groups is 1. The topological polar surface area (TPSA) is 47.1 Å². The van der Waals surface area contributed by atoms with Gasteiger partial charge in [-0.1, -0.05) is 18.2 Å². The maximum absolute atomic E-state index is 13.5. The largest absolute Gasteiger partial charge is 1.00 e. The van der Waals surface area contributed by atoms with Crippen LogP contribution >= 0.6 is 0 Å². The molecule has 0 aliphatic heterocycles. The number of alkyl halides is 6. The minimum Gasteiger partial charge on any atom is -1.00 e. The number of rotatable bonds is 10. The van der Waals surface area contributed by atoms with Gasteiger partial charge >= 0.3 is 24.2 Å². The van der Waals surface area contributed by atoms with E-state index in [1.54, 1.807) is 12.3 Å². The number of ether oxygens (including phenoxy) is 1. The van der Waals surface area contributed by atoms with Crippen LogP contribution in [0.2, 0.25) is 0 Å². The molecule has 0 saturated carbocycles. The summed E-state index contributed by atoms with van der Waals surface area (Å²) in [7, 11) is 0. The first kappa shape index (κ1) is 29.5. The van der Waals surface area contributed by atoms with Gasteiger partial charge in [-0.2, -0.15) is 17.6 Å². The number of nitrogens with zero attached hydrogens (tertiary/aromatic N) is 2. The summed E-state index contributed by atoms with van der Waals surface area (Å²) in [4.78, 5) is 12.3. The quantitative estimate of drug-likeness (QED) is 0.163. The second-order valence-corrected chi connectivity index (χ2v) is 7.60. The smallest absolute Gasteiger partial charge is 0.372 e. The van der Waals surface area contributed by atoms with Crippen LogP contribution in [0.15, 0.2) is 54.7 Å². The molecule has 0 spiro atoms. The number of fused-ring (bicyclic) bond motifs is 1. The average Bonchev–Trinajstić information content (AvgIpc) is 3.14. The summed E-state index contributed by atoms with van der Waals surface area (Å²) in [5, 5.41) is 3.15. The lowest BCUT2D eigenvalue weighted by atomic mass is 10.2. The van der Waals surface area contributed by atoms with E-state index < -0.39 is 30.8 Å². The number of benzene rings is 2. The van der Waals surface area contributed by atoms with Crippen molar-refractivity contribution in [2.24, 2.45) is 0 Å². The molecule has 0 amide bonds. The molecule has 0 fully saturated rings. The van der Waals surface area contributed by atoms with Gasteiger partial charge in [0.05, 0.1) is 18.7 Å². The van der Waals surface area contributed by atoms with Crippen molar-refractivity contribution < 1.29 is 64.4 Å². The van der Waals surface area contributed by atoms with Gasteiger partial charge in [-0.25, -0.2) is 22.7 Å². The molecule has 0 unspecified atom stereocenters. The Morgan fingerprint density at radius 3 is 2.36 bits per heavy atom. The zero-order valence-corrected chi connectivity index (χ0v) is 21.5. The van der Waals surface area contributed by atoms with Gasteiger partial charge in [-0.05, 0) is 38.1 Å². The van der Waals surface area contributed by atoms with Crippen molar-refractivity contribution in [3.63, 3.8) is 0 Å². The SMILES string of the molecule is CCn1c(/C=C/Nc2ccccc2)[n+](CC)c2ccc(C(=O)OCC(F)(F)C(F)(F)C(F)F)cc21.[I-]. The third-order valence-corrected chi connectivity index (χ3v) is 5.38. The number of hydrogen-bond acceptors (Lipinski definition) is 3. The van der Waals surface area contributed by atoms with Gasteiger partial charge in [-0.15, -0.1) is 0 Å². The Balaban J connectivity index is 0.00000456. The fourth-order valence-corrected chi connectivity index (χ4v) is 3.57. The summed E-state index contributed by atoms with van der Waals surface area (Å²) in [5.41, 5.74) is 2.01. The second-order valence-electron chi connectivity index (χ2n) is 7.60. The number of esters is 1. The average molecular weight is 627 g/mol. The molecular formula is C24H24F6IN3O2. The molecule has 196 valence electrons. The van der Waals surface area contributed by atoms with Crippen LogP contribution in [0.5, 0.6) is 0 Å². The first-order chi connectivity index (χ1) is 16.5. The van der Waals surface area contributed by atoms with E-state index in [0.717, 1.165) is 17.0 Å². The Morgan fingerprint density at radius 1 is 1.11 bits per heavy atom. The van der Waals surface area contributed by atoms with E-state index in [1.165, 1.54) is 12.1 Å². The molecule has 1 aromatic heterocycles. The van der Waals surface area contributed by atoms with E-state index in [9.17, 15) is 31.1 Å². The maximum Gasteiger partial charge on any atom is 0.372 e. The van der Waals surface area contributed by atoms with E-state index in [4.69, 9.17) is 0 Å². The molecule has 0 atom stereocenters. The third-order valence-electron chi connectivity index (χ3n) is 5.38. The van der Waals surface area contributed by atoms with Gasteiger partial charge in [0.1, 0.15) is 0 Å². The van der Waals surface area contributed by atoms with Crippen molar-refractivity contribution in [2.45, 2.75) is 45.2 Å². The number of aryl methyl sites for hydroxylation is 2. The summed E-state index contributed by atoms with van der Waals surface area (Å²) in [6.07, 6.45) is -1.01. The van der Waals surface area contributed by atoms with Crippen LogP contribution in [0.3, 0.4) is 0 Å². The Morgan fingerprint density at radius 2 is 1.78 bits per heavy atom. The Bertz CT molecular complexity index is 1220. The minimum absolute atomic E-state index is 0. The number of carbonyl (C=O) groups excluding carboxylic acids is 1. The monoisotopic (exact) mass is 627 g/mol. The zero-order valence-electron chi connectivity index (χ0n) is 19.3. The minimum atomic E-state index is -5.63.